The lowest BCUT2D eigenvalue weighted by Crippen LogP contribution is -2.32. The van der Waals surface area contributed by atoms with Gasteiger partial charge in [-0.2, -0.15) is 0 Å². The van der Waals surface area contributed by atoms with Crippen LogP contribution in [0.25, 0.3) is 11.0 Å². The Hall–Kier alpha value is -3.29. The van der Waals surface area contributed by atoms with Crippen LogP contribution in [0, 0.1) is 0 Å². The van der Waals surface area contributed by atoms with Gasteiger partial charge < -0.3 is 24.3 Å². The third-order valence-electron chi connectivity index (χ3n) is 5.21. The summed E-state index contributed by atoms with van der Waals surface area (Å²) in [6.07, 6.45) is 0.523. The summed E-state index contributed by atoms with van der Waals surface area (Å²) in [5, 5.41) is 21.4. The number of furan rings is 1. The number of aliphatic hydroxyl groups is 1. The first kappa shape index (κ1) is 21.0. The number of halogens is 1. The second-order valence-electron chi connectivity index (χ2n) is 7.22. The number of benzene rings is 2. The van der Waals surface area contributed by atoms with E-state index in [1.54, 1.807) is 37.4 Å². The van der Waals surface area contributed by atoms with Gasteiger partial charge in [-0.3, -0.25) is 9.59 Å². The van der Waals surface area contributed by atoms with Crippen LogP contribution in [0.2, 0.25) is 5.02 Å². The van der Waals surface area contributed by atoms with Gasteiger partial charge in [-0.05, 0) is 48.4 Å². The first-order valence-corrected chi connectivity index (χ1v) is 10.0. The molecule has 1 atom stereocenters. The zero-order chi connectivity index (χ0) is 22.1. The van der Waals surface area contributed by atoms with Crippen LogP contribution in [0.1, 0.15) is 28.6 Å². The molecule has 160 valence electrons. The van der Waals surface area contributed by atoms with Gasteiger partial charge in [0.2, 0.25) is 5.78 Å². The van der Waals surface area contributed by atoms with Crippen molar-refractivity contribution in [3.63, 3.8) is 0 Å². The summed E-state index contributed by atoms with van der Waals surface area (Å²) in [5.41, 5.74) is 0.976. The van der Waals surface area contributed by atoms with E-state index in [-0.39, 0.29) is 23.6 Å². The van der Waals surface area contributed by atoms with Gasteiger partial charge in [-0.25, -0.2) is 0 Å². The zero-order valence-corrected chi connectivity index (χ0v) is 17.4. The van der Waals surface area contributed by atoms with Crippen molar-refractivity contribution in [3.8, 4) is 5.75 Å². The summed E-state index contributed by atoms with van der Waals surface area (Å²) in [6.45, 7) is 0.690. The van der Waals surface area contributed by atoms with Gasteiger partial charge in [0.25, 0.3) is 5.91 Å². The largest absolute Gasteiger partial charge is 0.508 e. The van der Waals surface area contributed by atoms with Gasteiger partial charge in [-0.1, -0.05) is 23.7 Å². The Morgan fingerprint density at radius 3 is 2.61 bits per heavy atom. The number of nitrogens with zero attached hydrogens (tertiary/aromatic N) is 1. The predicted molar refractivity (Wildman–Crippen MR) is 114 cm³/mol. The van der Waals surface area contributed by atoms with E-state index in [4.69, 9.17) is 20.8 Å². The highest BCUT2D eigenvalue weighted by atomic mass is 35.5. The molecule has 1 unspecified atom stereocenters. The highest BCUT2D eigenvalue weighted by molar-refractivity contribution is 6.31. The van der Waals surface area contributed by atoms with Crippen molar-refractivity contribution in [2.45, 2.75) is 12.5 Å². The van der Waals surface area contributed by atoms with Gasteiger partial charge >= 0.3 is 0 Å². The molecular formula is C23H20ClNO6. The third kappa shape index (κ3) is 3.89. The molecule has 3 aromatic rings. The molecule has 4 rings (SSSR count). The molecule has 0 aliphatic carbocycles. The Labute approximate surface area is 183 Å². The summed E-state index contributed by atoms with van der Waals surface area (Å²) in [5.74, 6) is -1.80. The average Bonchev–Trinajstić information content (AvgIpc) is 3.28. The molecule has 8 heteroatoms. The van der Waals surface area contributed by atoms with Crippen molar-refractivity contribution in [3.05, 3.63) is 76.2 Å². The number of carbonyl (C=O) groups excluding carboxylic acids is 2. The second kappa shape index (κ2) is 8.45. The van der Waals surface area contributed by atoms with Crippen LogP contribution in [0.3, 0.4) is 0 Å². The van der Waals surface area contributed by atoms with Gasteiger partial charge in [0.1, 0.15) is 11.3 Å². The number of amides is 1. The maximum absolute atomic E-state index is 13.4. The SMILES string of the molecule is COCCCN1C(=O)C(O)=C(C(=O)c2cc3cc(Cl)ccc3o2)C1c1ccc(O)cc1. The van der Waals surface area contributed by atoms with Crippen molar-refractivity contribution < 1.29 is 29.0 Å². The molecule has 1 aliphatic rings. The number of aromatic hydroxyl groups is 1. The number of rotatable bonds is 7. The summed E-state index contributed by atoms with van der Waals surface area (Å²) in [7, 11) is 1.56. The molecule has 0 bridgehead atoms. The van der Waals surface area contributed by atoms with E-state index >= 15 is 0 Å². The van der Waals surface area contributed by atoms with Crippen molar-refractivity contribution >= 4 is 34.3 Å². The summed E-state index contributed by atoms with van der Waals surface area (Å²) in [4.78, 5) is 27.7. The minimum atomic E-state index is -0.825. The van der Waals surface area contributed by atoms with Crippen LogP contribution >= 0.6 is 11.6 Å². The normalized spacial score (nSPS) is 16.5. The smallest absolute Gasteiger partial charge is 0.290 e. The number of aliphatic hydroxyl groups excluding tert-OH is 1. The molecule has 0 fully saturated rings. The van der Waals surface area contributed by atoms with Gasteiger partial charge in [0.15, 0.2) is 11.5 Å². The number of ketones is 1. The molecule has 0 saturated carbocycles. The third-order valence-corrected chi connectivity index (χ3v) is 5.44. The molecule has 0 saturated heterocycles. The Morgan fingerprint density at radius 1 is 1.16 bits per heavy atom. The van der Waals surface area contributed by atoms with E-state index in [1.807, 2.05) is 0 Å². The molecule has 2 heterocycles. The molecule has 2 aromatic carbocycles. The lowest BCUT2D eigenvalue weighted by atomic mass is 9.95. The molecule has 1 aliphatic heterocycles. The molecular weight excluding hydrogens is 422 g/mol. The minimum absolute atomic E-state index is 0.00543. The number of carbonyl (C=O) groups is 2. The summed E-state index contributed by atoms with van der Waals surface area (Å²) in [6, 6.07) is 11.8. The number of Topliss-reactive ketones (excluding diaryl/α,β-unsaturated/α-hetero) is 1. The number of phenolic OH excluding ortho intramolecular Hbond substituents is 1. The predicted octanol–water partition coefficient (Wildman–Crippen LogP) is 4.41. The minimum Gasteiger partial charge on any atom is -0.508 e. The maximum atomic E-state index is 13.4. The topological polar surface area (TPSA) is 100 Å². The number of ether oxygens (including phenoxy) is 1. The summed E-state index contributed by atoms with van der Waals surface area (Å²) >= 11 is 6.01. The molecule has 1 aromatic heterocycles. The second-order valence-corrected chi connectivity index (χ2v) is 7.66. The molecule has 0 spiro atoms. The highest BCUT2D eigenvalue weighted by Gasteiger charge is 2.44. The summed E-state index contributed by atoms with van der Waals surface area (Å²) < 4.78 is 10.7. The Bertz CT molecular complexity index is 1180. The van der Waals surface area contributed by atoms with Crippen LogP contribution in [-0.2, 0) is 9.53 Å². The molecule has 0 radical (unpaired) electrons. The fraction of sp³-hybridized carbons (Fsp3) is 0.217. The fourth-order valence-corrected chi connectivity index (χ4v) is 3.94. The van der Waals surface area contributed by atoms with Crippen LogP contribution in [0.4, 0.5) is 0 Å². The number of methoxy groups -OCH3 is 1. The van der Waals surface area contributed by atoms with Crippen molar-refractivity contribution in [1.82, 2.24) is 4.90 Å². The molecule has 1 amide bonds. The fourth-order valence-electron chi connectivity index (χ4n) is 3.76. The number of fused-ring (bicyclic) bond motifs is 1. The zero-order valence-electron chi connectivity index (χ0n) is 16.7. The Morgan fingerprint density at radius 2 is 1.90 bits per heavy atom. The quantitative estimate of drug-likeness (QED) is 0.416. The van der Waals surface area contributed by atoms with Gasteiger partial charge in [0.05, 0.1) is 11.6 Å². The van der Waals surface area contributed by atoms with E-state index in [1.165, 1.54) is 23.1 Å². The van der Waals surface area contributed by atoms with Crippen molar-refractivity contribution in [2.75, 3.05) is 20.3 Å². The standard InChI is InChI=1S/C23H20ClNO6/c1-30-10-2-9-25-20(13-3-6-16(26)7-4-13)19(22(28)23(25)29)21(27)18-12-14-11-15(24)5-8-17(14)31-18/h3-8,11-12,20,26,28H,2,9-10H2,1H3. The average molecular weight is 442 g/mol. The van der Waals surface area contributed by atoms with Crippen LogP contribution < -0.4 is 0 Å². The monoisotopic (exact) mass is 441 g/mol. The van der Waals surface area contributed by atoms with E-state index in [2.05, 4.69) is 0 Å². The molecule has 7 nitrogen and oxygen atoms in total. The van der Waals surface area contributed by atoms with Gasteiger partial charge in [-0.15, -0.1) is 0 Å². The van der Waals surface area contributed by atoms with Crippen LogP contribution in [0.5, 0.6) is 5.75 Å². The number of phenols is 1. The lowest BCUT2D eigenvalue weighted by Gasteiger charge is -2.26. The molecule has 31 heavy (non-hydrogen) atoms. The van der Waals surface area contributed by atoms with E-state index in [0.29, 0.717) is 34.6 Å². The first-order valence-electron chi connectivity index (χ1n) is 9.66. The Balaban J connectivity index is 1.76. The van der Waals surface area contributed by atoms with Crippen molar-refractivity contribution in [1.29, 1.82) is 0 Å². The van der Waals surface area contributed by atoms with Crippen LogP contribution in [-0.4, -0.2) is 47.1 Å². The van der Waals surface area contributed by atoms with Gasteiger partial charge in [0, 0.05) is 30.7 Å². The first-order chi connectivity index (χ1) is 14.9. The molecule has 2 N–H and O–H groups in total. The van der Waals surface area contributed by atoms with Crippen molar-refractivity contribution in [2.24, 2.45) is 0 Å². The number of hydrogen-bond donors (Lipinski definition) is 2. The van der Waals surface area contributed by atoms with E-state index < -0.39 is 23.5 Å². The Kier molecular flexibility index (Phi) is 5.71. The number of hydrogen-bond acceptors (Lipinski definition) is 6. The van der Waals surface area contributed by atoms with E-state index in [9.17, 15) is 19.8 Å². The maximum Gasteiger partial charge on any atom is 0.290 e. The van der Waals surface area contributed by atoms with E-state index in [0.717, 1.165) is 0 Å². The van der Waals surface area contributed by atoms with Crippen LogP contribution in [0.15, 0.2) is 64.3 Å². The lowest BCUT2D eigenvalue weighted by molar-refractivity contribution is -0.129. The highest BCUT2D eigenvalue weighted by Crippen LogP contribution is 2.40.